The number of ether oxygens (including phenoxy) is 1. The third kappa shape index (κ3) is 14.3. The van der Waals surface area contributed by atoms with Crippen molar-refractivity contribution in [3.63, 3.8) is 0 Å². The lowest BCUT2D eigenvalue weighted by Crippen LogP contribution is -2.36. The van der Waals surface area contributed by atoms with Gasteiger partial charge in [0, 0.05) is 0 Å². The second kappa shape index (κ2) is 16.5. The number of unbranched alkanes of at least 4 members (excludes halogenated alkanes) is 9. The average Bonchev–Trinajstić information content (AvgIpc) is 2.55. The van der Waals surface area contributed by atoms with Crippen molar-refractivity contribution < 1.29 is 14.3 Å². The lowest BCUT2D eigenvalue weighted by atomic mass is 10.0. The SMILES string of the molecule is CCCCCCCCCCCCOC(=O)[C@H](CC(C)C)NN=C=O. The Labute approximate surface area is 147 Å². The number of carbonyl (C=O) groups excluding carboxylic acids is 2. The number of esters is 1. The molecule has 140 valence electrons. The third-order valence-electron chi connectivity index (χ3n) is 4.00. The highest BCUT2D eigenvalue weighted by molar-refractivity contribution is 5.75. The number of nitrogens with one attached hydrogen (secondary N) is 1. The lowest BCUT2D eigenvalue weighted by molar-refractivity contribution is -0.146. The second-order valence-corrected chi connectivity index (χ2v) is 6.86. The van der Waals surface area contributed by atoms with Gasteiger partial charge in [-0.2, -0.15) is 0 Å². The monoisotopic (exact) mass is 340 g/mol. The quantitative estimate of drug-likeness (QED) is 0.145. The first-order chi connectivity index (χ1) is 11.6. The van der Waals surface area contributed by atoms with Crippen molar-refractivity contribution in [2.75, 3.05) is 6.61 Å². The summed E-state index contributed by atoms with van der Waals surface area (Å²) in [4.78, 5) is 22.1. The van der Waals surface area contributed by atoms with E-state index < -0.39 is 6.04 Å². The number of rotatable bonds is 16. The van der Waals surface area contributed by atoms with E-state index in [-0.39, 0.29) is 5.97 Å². The molecule has 0 radical (unpaired) electrons. The fourth-order valence-electron chi connectivity index (χ4n) is 2.64. The summed E-state index contributed by atoms with van der Waals surface area (Å²) in [7, 11) is 0. The summed E-state index contributed by atoms with van der Waals surface area (Å²) >= 11 is 0. The van der Waals surface area contributed by atoms with Gasteiger partial charge in [-0.3, -0.25) is 5.43 Å². The van der Waals surface area contributed by atoms with Crippen LogP contribution in [0, 0.1) is 5.92 Å². The van der Waals surface area contributed by atoms with E-state index in [2.05, 4.69) is 17.5 Å². The van der Waals surface area contributed by atoms with Crippen LogP contribution in [0.25, 0.3) is 0 Å². The van der Waals surface area contributed by atoms with E-state index in [0.29, 0.717) is 18.9 Å². The first kappa shape index (κ1) is 22.6. The average molecular weight is 341 g/mol. The zero-order valence-corrected chi connectivity index (χ0v) is 15.8. The summed E-state index contributed by atoms with van der Waals surface area (Å²) in [5.41, 5.74) is 2.52. The molecule has 0 rings (SSSR count). The molecular weight excluding hydrogens is 304 g/mol. The summed E-state index contributed by atoms with van der Waals surface area (Å²) in [6, 6.07) is -0.561. The van der Waals surface area contributed by atoms with E-state index in [1.165, 1.54) is 57.4 Å². The van der Waals surface area contributed by atoms with Gasteiger partial charge < -0.3 is 4.74 Å². The highest BCUT2D eigenvalue weighted by atomic mass is 16.5. The highest BCUT2D eigenvalue weighted by Crippen LogP contribution is 2.11. The van der Waals surface area contributed by atoms with Crippen molar-refractivity contribution in [3.8, 4) is 0 Å². The van der Waals surface area contributed by atoms with Crippen LogP contribution in [0.5, 0.6) is 0 Å². The number of isocyanates is 1. The first-order valence-corrected chi connectivity index (χ1v) is 9.60. The maximum Gasteiger partial charge on any atom is 0.330 e. The van der Waals surface area contributed by atoms with Crippen molar-refractivity contribution in [2.45, 2.75) is 97.4 Å². The molecule has 1 N–H and O–H groups in total. The molecule has 0 aromatic rings. The van der Waals surface area contributed by atoms with Gasteiger partial charge in [0.05, 0.1) is 6.61 Å². The third-order valence-corrected chi connectivity index (χ3v) is 4.00. The molecule has 0 aliphatic carbocycles. The van der Waals surface area contributed by atoms with Gasteiger partial charge in [-0.15, -0.1) is 0 Å². The summed E-state index contributed by atoms with van der Waals surface area (Å²) in [5.74, 6) is -0.0205. The number of hydrogen-bond donors (Lipinski definition) is 1. The van der Waals surface area contributed by atoms with E-state index in [1.807, 2.05) is 13.8 Å². The molecule has 0 aliphatic rings. The van der Waals surface area contributed by atoms with Crippen molar-refractivity contribution in [1.82, 2.24) is 5.43 Å². The van der Waals surface area contributed by atoms with Crippen LogP contribution in [0.2, 0.25) is 0 Å². The Morgan fingerprint density at radius 3 is 2.04 bits per heavy atom. The van der Waals surface area contributed by atoms with Crippen LogP contribution >= 0.6 is 0 Å². The molecule has 0 bridgehead atoms. The molecule has 0 spiro atoms. The Morgan fingerprint density at radius 1 is 1.00 bits per heavy atom. The largest absolute Gasteiger partial charge is 0.464 e. The van der Waals surface area contributed by atoms with Gasteiger partial charge in [0.1, 0.15) is 6.04 Å². The Kier molecular flexibility index (Phi) is 15.6. The Balaban J connectivity index is 3.63. The molecule has 0 saturated heterocycles. The van der Waals surface area contributed by atoms with Crippen LogP contribution in [0.1, 0.15) is 91.4 Å². The van der Waals surface area contributed by atoms with Crippen LogP contribution in [0.15, 0.2) is 5.10 Å². The van der Waals surface area contributed by atoms with Crippen molar-refractivity contribution in [1.29, 1.82) is 0 Å². The topological polar surface area (TPSA) is 67.8 Å². The maximum atomic E-state index is 12.0. The van der Waals surface area contributed by atoms with Gasteiger partial charge >= 0.3 is 5.97 Å². The zero-order valence-electron chi connectivity index (χ0n) is 15.8. The predicted molar refractivity (Wildman–Crippen MR) is 97.3 cm³/mol. The zero-order chi connectivity index (χ0) is 18.0. The van der Waals surface area contributed by atoms with Crippen molar-refractivity contribution >= 4 is 12.0 Å². The summed E-state index contributed by atoms with van der Waals surface area (Å²) < 4.78 is 5.28. The number of hydrogen-bond acceptors (Lipinski definition) is 5. The predicted octanol–water partition coefficient (Wildman–Crippen LogP) is 4.71. The Morgan fingerprint density at radius 2 is 1.54 bits per heavy atom. The van der Waals surface area contributed by atoms with E-state index >= 15 is 0 Å². The molecule has 0 fully saturated rings. The molecule has 0 unspecified atom stereocenters. The Bertz CT molecular complexity index is 353. The minimum Gasteiger partial charge on any atom is -0.464 e. The molecule has 0 amide bonds. The summed E-state index contributed by atoms with van der Waals surface area (Å²) in [5, 5.41) is 3.29. The van der Waals surface area contributed by atoms with Gasteiger partial charge in [-0.05, 0) is 18.8 Å². The molecular formula is C19H36N2O3. The van der Waals surface area contributed by atoms with Gasteiger partial charge in [0.2, 0.25) is 0 Å². The Hall–Kier alpha value is -1.35. The second-order valence-electron chi connectivity index (χ2n) is 6.86. The molecule has 0 saturated carbocycles. The minimum atomic E-state index is -0.561. The molecule has 24 heavy (non-hydrogen) atoms. The van der Waals surface area contributed by atoms with E-state index in [1.54, 1.807) is 0 Å². The van der Waals surface area contributed by atoms with Crippen LogP contribution < -0.4 is 5.43 Å². The fraction of sp³-hybridized carbons (Fsp3) is 0.895. The smallest absolute Gasteiger partial charge is 0.330 e. The molecule has 0 aromatic carbocycles. The standard InChI is InChI=1S/C19H36N2O3/c1-4-5-6-7-8-9-10-11-12-13-14-24-19(23)18(15-17(2)3)21-20-16-22/h17-18,21H,4-15H2,1-3H3/t18-/m0/s1. The van der Waals surface area contributed by atoms with Crippen LogP contribution in [-0.2, 0) is 14.3 Å². The summed E-state index contributed by atoms with van der Waals surface area (Å²) in [6.45, 7) is 6.70. The van der Waals surface area contributed by atoms with Crippen LogP contribution in [0.3, 0.4) is 0 Å². The number of carbonyl (C=O) groups is 1. The van der Waals surface area contributed by atoms with Crippen LogP contribution in [0.4, 0.5) is 0 Å². The van der Waals surface area contributed by atoms with E-state index in [9.17, 15) is 9.59 Å². The van der Waals surface area contributed by atoms with Crippen LogP contribution in [-0.4, -0.2) is 24.7 Å². The van der Waals surface area contributed by atoms with Gasteiger partial charge in [-0.25, -0.2) is 9.59 Å². The van der Waals surface area contributed by atoms with E-state index in [0.717, 1.165) is 12.8 Å². The summed E-state index contributed by atoms with van der Waals surface area (Å²) in [6.07, 6.45) is 14.5. The van der Waals surface area contributed by atoms with Gasteiger partial charge in [-0.1, -0.05) is 83.7 Å². The van der Waals surface area contributed by atoms with E-state index in [4.69, 9.17) is 4.74 Å². The van der Waals surface area contributed by atoms with Gasteiger partial charge in [0.15, 0.2) is 0 Å². The highest BCUT2D eigenvalue weighted by Gasteiger charge is 2.20. The molecule has 0 aromatic heterocycles. The minimum absolute atomic E-state index is 0.314. The molecule has 0 heterocycles. The lowest BCUT2D eigenvalue weighted by Gasteiger charge is -2.16. The maximum absolute atomic E-state index is 12.0. The number of nitrogens with zero attached hydrogens (tertiary/aromatic N) is 1. The molecule has 5 heteroatoms. The molecule has 1 atom stereocenters. The van der Waals surface area contributed by atoms with Gasteiger partial charge in [0.25, 0.3) is 6.08 Å². The van der Waals surface area contributed by atoms with Crippen molar-refractivity contribution in [2.24, 2.45) is 11.0 Å². The molecule has 5 nitrogen and oxygen atoms in total. The van der Waals surface area contributed by atoms with Crippen molar-refractivity contribution in [3.05, 3.63) is 0 Å². The fourth-order valence-corrected chi connectivity index (χ4v) is 2.64. The number of hydrazone groups is 1. The molecule has 0 aliphatic heterocycles. The normalized spacial score (nSPS) is 11.8. The first-order valence-electron chi connectivity index (χ1n) is 9.60.